The second kappa shape index (κ2) is 7.00. The summed E-state index contributed by atoms with van der Waals surface area (Å²) in [6.45, 7) is 3.10. The molecule has 0 amide bonds. The van der Waals surface area contributed by atoms with Gasteiger partial charge in [-0.3, -0.25) is 4.79 Å². The highest BCUT2D eigenvalue weighted by molar-refractivity contribution is 7.99. The lowest BCUT2D eigenvalue weighted by atomic mass is 10.3. The van der Waals surface area contributed by atoms with Crippen molar-refractivity contribution in [2.45, 2.75) is 18.6 Å². The first-order valence-electron chi connectivity index (χ1n) is 6.21. The van der Waals surface area contributed by atoms with E-state index >= 15 is 0 Å². The van der Waals surface area contributed by atoms with E-state index in [-0.39, 0.29) is 5.75 Å². The number of para-hydroxylation sites is 1. The van der Waals surface area contributed by atoms with Crippen LogP contribution in [0.3, 0.4) is 0 Å². The number of carboxylic acids is 1. The summed E-state index contributed by atoms with van der Waals surface area (Å²) in [5.41, 5.74) is 0.995. The summed E-state index contributed by atoms with van der Waals surface area (Å²) in [6.07, 6.45) is 1.74. The van der Waals surface area contributed by atoms with Gasteiger partial charge in [-0.15, -0.1) is 0 Å². The van der Waals surface area contributed by atoms with Crippen LogP contribution < -0.4 is 4.74 Å². The zero-order chi connectivity index (χ0) is 14.4. The van der Waals surface area contributed by atoms with Crippen molar-refractivity contribution in [1.29, 1.82) is 0 Å². The topological polar surface area (TPSA) is 64.3 Å². The Morgan fingerprint density at radius 3 is 2.85 bits per heavy atom. The maximum Gasteiger partial charge on any atom is 0.313 e. The van der Waals surface area contributed by atoms with Crippen molar-refractivity contribution in [2.24, 2.45) is 0 Å². The molecule has 0 unspecified atom stereocenters. The molecule has 0 saturated carbocycles. The third-order valence-electron chi connectivity index (χ3n) is 2.67. The number of hydrogen-bond donors (Lipinski definition) is 1. The van der Waals surface area contributed by atoms with E-state index in [9.17, 15) is 4.79 Å². The van der Waals surface area contributed by atoms with Crippen molar-refractivity contribution in [1.82, 2.24) is 9.55 Å². The van der Waals surface area contributed by atoms with Gasteiger partial charge in [0.25, 0.3) is 0 Å². The lowest BCUT2D eigenvalue weighted by molar-refractivity contribution is -0.133. The van der Waals surface area contributed by atoms with Gasteiger partial charge in [0.1, 0.15) is 12.4 Å². The molecule has 0 aliphatic heterocycles. The Bertz CT molecular complexity index is 569. The van der Waals surface area contributed by atoms with E-state index in [1.54, 1.807) is 6.20 Å². The van der Waals surface area contributed by atoms with Crippen LogP contribution in [0.15, 0.2) is 41.7 Å². The highest BCUT2D eigenvalue weighted by Gasteiger charge is 2.09. The molecule has 0 bridgehead atoms. The Morgan fingerprint density at radius 2 is 2.15 bits per heavy atom. The van der Waals surface area contributed by atoms with Crippen LogP contribution in [0.4, 0.5) is 0 Å². The van der Waals surface area contributed by atoms with E-state index in [1.807, 2.05) is 41.8 Å². The number of benzene rings is 1. The van der Waals surface area contributed by atoms with Gasteiger partial charge in [-0.2, -0.15) is 0 Å². The smallest absolute Gasteiger partial charge is 0.313 e. The van der Waals surface area contributed by atoms with Crippen LogP contribution in [-0.2, 0) is 11.3 Å². The van der Waals surface area contributed by atoms with Gasteiger partial charge in [0, 0.05) is 11.9 Å². The molecule has 1 aromatic carbocycles. The quantitative estimate of drug-likeness (QED) is 0.794. The number of thioether (sulfide) groups is 1. The number of rotatable bonds is 7. The maximum absolute atomic E-state index is 10.6. The van der Waals surface area contributed by atoms with Crippen LogP contribution in [0.2, 0.25) is 0 Å². The summed E-state index contributed by atoms with van der Waals surface area (Å²) in [6, 6.07) is 9.59. The number of aromatic nitrogens is 2. The molecule has 0 radical (unpaired) electrons. The van der Waals surface area contributed by atoms with E-state index in [1.165, 1.54) is 11.8 Å². The lowest BCUT2D eigenvalue weighted by Crippen LogP contribution is -2.11. The van der Waals surface area contributed by atoms with Crippen LogP contribution in [0.25, 0.3) is 0 Å². The third kappa shape index (κ3) is 4.03. The minimum absolute atomic E-state index is 0.00992. The number of aliphatic carboxylic acids is 1. The van der Waals surface area contributed by atoms with E-state index in [2.05, 4.69) is 4.98 Å². The second-order valence-corrected chi connectivity index (χ2v) is 5.12. The predicted molar refractivity (Wildman–Crippen MR) is 77.3 cm³/mol. The van der Waals surface area contributed by atoms with E-state index in [4.69, 9.17) is 9.84 Å². The Morgan fingerprint density at radius 1 is 1.40 bits per heavy atom. The van der Waals surface area contributed by atoms with Gasteiger partial charge in [-0.25, -0.2) is 4.98 Å². The molecule has 20 heavy (non-hydrogen) atoms. The number of carboxylic acid groups (broad SMARTS) is 1. The molecule has 0 saturated heterocycles. The van der Waals surface area contributed by atoms with Gasteiger partial charge in [0.05, 0.1) is 12.3 Å². The van der Waals surface area contributed by atoms with Crippen molar-refractivity contribution in [2.75, 3.05) is 12.4 Å². The molecule has 6 heteroatoms. The summed E-state index contributed by atoms with van der Waals surface area (Å²) in [4.78, 5) is 14.8. The van der Waals surface area contributed by atoms with Crippen molar-refractivity contribution >= 4 is 17.7 Å². The van der Waals surface area contributed by atoms with E-state index in [0.717, 1.165) is 11.4 Å². The first-order chi connectivity index (χ1) is 9.66. The summed E-state index contributed by atoms with van der Waals surface area (Å²) in [5.74, 6) is -0.0107. The van der Waals surface area contributed by atoms with Crippen LogP contribution in [0.1, 0.15) is 5.69 Å². The fourth-order valence-corrected chi connectivity index (χ4v) is 2.49. The molecule has 5 nitrogen and oxygen atoms in total. The van der Waals surface area contributed by atoms with Gasteiger partial charge < -0.3 is 14.4 Å². The van der Waals surface area contributed by atoms with Crippen LogP contribution >= 0.6 is 11.8 Å². The summed E-state index contributed by atoms with van der Waals surface area (Å²) in [7, 11) is 0. The third-order valence-corrected chi connectivity index (χ3v) is 3.65. The van der Waals surface area contributed by atoms with Gasteiger partial charge >= 0.3 is 5.97 Å². The van der Waals surface area contributed by atoms with Gasteiger partial charge in [-0.05, 0) is 19.1 Å². The average molecular weight is 292 g/mol. The lowest BCUT2D eigenvalue weighted by Gasteiger charge is -2.10. The Balaban J connectivity index is 1.91. The van der Waals surface area contributed by atoms with Crippen molar-refractivity contribution in [3.63, 3.8) is 0 Å². The maximum atomic E-state index is 10.6. The molecule has 0 atom stereocenters. The molecular formula is C14H16N2O3S. The standard InChI is InChI=1S/C14H16N2O3S/c1-11-9-15-14(20-10-13(17)18)16(11)7-8-19-12-5-3-2-4-6-12/h2-6,9H,7-8,10H2,1H3,(H,17,18). The van der Waals surface area contributed by atoms with E-state index < -0.39 is 5.97 Å². The van der Waals surface area contributed by atoms with Gasteiger partial charge in [0.15, 0.2) is 5.16 Å². The SMILES string of the molecule is Cc1cnc(SCC(=O)O)n1CCOc1ccccc1. The number of ether oxygens (including phenoxy) is 1. The first kappa shape index (κ1) is 14.5. The van der Waals surface area contributed by atoms with Crippen molar-refractivity contribution < 1.29 is 14.6 Å². The summed E-state index contributed by atoms with van der Waals surface area (Å²) >= 11 is 1.22. The molecule has 0 spiro atoms. The van der Waals surface area contributed by atoms with Crippen LogP contribution in [0.5, 0.6) is 5.75 Å². The highest BCUT2D eigenvalue weighted by atomic mass is 32.2. The van der Waals surface area contributed by atoms with Crippen molar-refractivity contribution in [3.8, 4) is 5.75 Å². The number of imidazole rings is 1. The molecule has 0 aliphatic rings. The van der Waals surface area contributed by atoms with Crippen LogP contribution in [0, 0.1) is 6.92 Å². The molecule has 0 fully saturated rings. The Labute approximate surface area is 121 Å². The monoisotopic (exact) mass is 292 g/mol. The highest BCUT2D eigenvalue weighted by Crippen LogP contribution is 2.18. The fraction of sp³-hybridized carbons (Fsp3) is 0.286. The van der Waals surface area contributed by atoms with E-state index in [0.29, 0.717) is 18.3 Å². The van der Waals surface area contributed by atoms with Crippen molar-refractivity contribution in [3.05, 3.63) is 42.2 Å². The van der Waals surface area contributed by atoms with Gasteiger partial charge in [0.2, 0.25) is 0 Å². The minimum atomic E-state index is -0.845. The normalized spacial score (nSPS) is 10.4. The average Bonchev–Trinajstić information content (AvgIpc) is 2.79. The Hall–Kier alpha value is -1.95. The predicted octanol–water partition coefficient (Wildman–Crippen LogP) is 2.45. The Kier molecular flexibility index (Phi) is 5.06. The summed E-state index contributed by atoms with van der Waals surface area (Å²) < 4.78 is 7.61. The molecule has 0 aliphatic carbocycles. The second-order valence-electron chi connectivity index (χ2n) is 4.18. The molecule has 2 aromatic rings. The number of nitrogens with zero attached hydrogens (tertiary/aromatic N) is 2. The first-order valence-corrected chi connectivity index (χ1v) is 7.20. The largest absolute Gasteiger partial charge is 0.492 e. The van der Waals surface area contributed by atoms with Crippen LogP contribution in [-0.4, -0.2) is 33.0 Å². The zero-order valence-electron chi connectivity index (χ0n) is 11.2. The molecule has 1 heterocycles. The number of hydrogen-bond acceptors (Lipinski definition) is 4. The zero-order valence-corrected chi connectivity index (χ0v) is 12.0. The number of aryl methyl sites for hydroxylation is 1. The fourth-order valence-electron chi connectivity index (χ4n) is 1.72. The molecule has 1 N–H and O–H groups in total. The molecule has 106 valence electrons. The van der Waals surface area contributed by atoms with Gasteiger partial charge in [-0.1, -0.05) is 30.0 Å². The molecule has 2 rings (SSSR count). The molecular weight excluding hydrogens is 276 g/mol. The number of carbonyl (C=O) groups is 1. The molecule has 1 aromatic heterocycles. The summed E-state index contributed by atoms with van der Waals surface area (Å²) in [5, 5.41) is 9.42. The minimum Gasteiger partial charge on any atom is -0.492 e.